The molecule has 1 aromatic rings. The fourth-order valence-electron chi connectivity index (χ4n) is 2.36. The summed E-state index contributed by atoms with van der Waals surface area (Å²) in [6.07, 6.45) is 0.828. The van der Waals surface area contributed by atoms with E-state index in [1.165, 1.54) is 0 Å². The second-order valence-corrected chi connectivity index (χ2v) is 5.10. The highest BCUT2D eigenvalue weighted by atomic mass is 79.9. The number of carbonyl (C=O) groups is 2. The maximum absolute atomic E-state index is 11.9. The smallest absolute Gasteiger partial charge is 0.309 e. The Morgan fingerprint density at radius 3 is 2.83 bits per heavy atom. The van der Waals surface area contributed by atoms with Crippen molar-refractivity contribution in [3.63, 3.8) is 0 Å². The zero-order valence-electron chi connectivity index (χ0n) is 9.93. The summed E-state index contributed by atoms with van der Waals surface area (Å²) >= 11 is 3.19. The molecule has 1 aliphatic heterocycles. The molecular weight excluding hydrogens is 302 g/mol. The molecule has 1 aliphatic rings. The van der Waals surface area contributed by atoms with Gasteiger partial charge in [0.05, 0.1) is 5.92 Å². The van der Waals surface area contributed by atoms with Crippen molar-refractivity contribution >= 4 is 27.8 Å². The van der Waals surface area contributed by atoms with Crippen molar-refractivity contribution in [3.05, 3.63) is 22.6 Å². The molecular formula is C12H14BrNO4. The minimum atomic E-state index is -0.959. The molecule has 1 fully saturated rings. The fourth-order valence-corrected chi connectivity index (χ4v) is 2.67. The van der Waals surface area contributed by atoms with Gasteiger partial charge in [-0.25, -0.2) is 0 Å². The van der Waals surface area contributed by atoms with E-state index in [-0.39, 0.29) is 12.3 Å². The first-order valence-electron chi connectivity index (χ1n) is 5.82. The van der Waals surface area contributed by atoms with Gasteiger partial charge in [-0.3, -0.25) is 9.59 Å². The van der Waals surface area contributed by atoms with Crippen LogP contribution in [0.5, 0.6) is 0 Å². The van der Waals surface area contributed by atoms with Crippen molar-refractivity contribution in [2.75, 3.05) is 6.54 Å². The molecule has 0 spiro atoms. The molecule has 2 atom stereocenters. The molecule has 1 saturated heterocycles. The summed E-state index contributed by atoms with van der Waals surface area (Å²) in [5, 5.41) is 9.22. The number of carbonyl (C=O) groups excluding carboxylic acids is 1. The normalized spacial score (nSPS) is 23.7. The third kappa shape index (κ3) is 2.29. The largest absolute Gasteiger partial charge is 0.481 e. The number of amides is 1. The number of nitrogens with zero attached hydrogens (tertiary/aromatic N) is 1. The van der Waals surface area contributed by atoms with Gasteiger partial charge in [-0.2, -0.15) is 0 Å². The van der Waals surface area contributed by atoms with Crippen LogP contribution in [0, 0.1) is 5.92 Å². The number of aliphatic carboxylic acids is 1. The average Bonchev–Trinajstić information content (AvgIpc) is 2.85. The van der Waals surface area contributed by atoms with E-state index in [0.717, 1.165) is 6.42 Å². The Hall–Kier alpha value is -1.30. The maximum atomic E-state index is 11.9. The Morgan fingerprint density at radius 1 is 1.61 bits per heavy atom. The zero-order valence-corrected chi connectivity index (χ0v) is 11.5. The van der Waals surface area contributed by atoms with Crippen molar-refractivity contribution in [3.8, 4) is 0 Å². The fraction of sp³-hybridized carbons (Fsp3) is 0.500. The Morgan fingerprint density at radius 2 is 2.33 bits per heavy atom. The maximum Gasteiger partial charge on any atom is 0.309 e. The predicted molar refractivity (Wildman–Crippen MR) is 66.9 cm³/mol. The average molecular weight is 316 g/mol. The molecule has 2 rings (SSSR count). The number of carboxylic acids is 1. The minimum absolute atomic E-state index is 0.0400. The van der Waals surface area contributed by atoms with Gasteiger partial charge in [0.1, 0.15) is 11.8 Å². The highest BCUT2D eigenvalue weighted by Crippen LogP contribution is 2.39. The number of halogens is 1. The Kier molecular flexibility index (Phi) is 3.75. The van der Waals surface area contributed by atoms with E-state index in [2.05, 4.69) is 15.9 Å². The van der Waals surface area contributed by atoms with Gasteiger partial charge in [0.2, 0.25) is 5.91 Å². The van der Waals surface area contributed by atoms with E-state index < -0.39 is 17.9 Å². The van der Waals surface area contributed by atoms with Crippen LogP contribution in [0.3, 0.4) is 0 Å². The molecule has 0 bridgehead atoms. The summed E-state index contributed by atoms with van der Waals surface area (Å²) < 4.78 is 5.97. The Bertz CT molecular complexity index is 470. The van der Waals surface area contributed by atoms with Crippen molar-refractivity contribution < 1.29 is 19.1 Å². The van der Waals surface area contributed by atoms with Gasteiger partial charge in [-0.15, -0.1) is 0 Å². The van der Waals surface area contributed by atoms with Crippen molar-refractivity contribution in [2.24, 2.45) is 5.92 Å². The first kappa shape index (κ1) is 13.1. The third-order valence-corrected chi connectivity index (χ3v) is 3.53. The predicted octanol–water partition coefficient (Wildman–Crippen LogP) is 2.43. The molecule has 5 nitrogen and oxygen atoms in total. The first-order valence-corrected chi connectivity index (χ1v) is 6.61. The van der Waals surface area contributed by atoms with Gasteiger partial charge >= 0.3 is 5.97 Å². The van der Waals surface area contributed by atoms with Crippen LogP contribution in [0.25, 0.3) is 0 Å². The first-order chi connectivity index (χ1) is 8.54. The second kappa shape index (κ2) is 5.14. The lowest BCUT2D eigenvalue weighted by Crippen LogP contribution is -2.31. The van der Waals surface area contributed by atoms with Crippen molar-refractivity contribution in [1.29, 1.82) is 0 Å². The quantitative estimate of drug-likeness (QED) is 0.926. The second-order valence-electron chi connectivity index (χ2n) is 4.32. The molecule has 0 aromatic carbocycles. The van der Waals surface area contributed by atoms with Crippen molar-refractivity contribution in [2.45, 2.75) is 25.8 Å². The van der Waals surface area contributed by atoms with Gasteiger partial charge in [0.25, 0.3) is 0 Å². The van der Waals surface area contributed by atoms with Crippen LogP contribution >= 0.6 is 15.9 Å². The Labute approximate surface area is 113 Å². The van der Waals surface area contributed by atoms with Crippen LogP contribution in [0.2, 0.25) is 0 Å². The minimum Gasteiger partial charge on any atom is -0.481 e. The van der Waals surface area contributed by atoms with Crippen LogP contribution in [0.1, 0.15) is 31.6 Å². The van der Waals surface area contributed by atoms with Crippen molar-refractivity contribution in [1.82, 2.24) is 4.90 Å². The molecule has 1 aromatic heterocycles. The van der Waals surface area contributed by atoms with E-state index in [1.807, 2.05) is 6.92 Å². The number of hydrogen-bond donors (Lipinski definition) is 1. The van der Waals surface area contributed by atoms with E-state index in [4.69, 9.17) is 4.42 Å². The number of furan rings is 1. The summed E-state index contributed by atoms with van der Waals surface area (Å²) in [4.78, 5) is 24.7. The lowest BCUT2D eigenvalue weighted by atomic mass is 9.98. The molecule has 0 saturated carbocycles. The summed E-state index contributed by atoms with van der Waals surface area (Å²) in [7, 11) is 0. The summed E-state index contributed by atoms with van der Waals surface area (Å²) in [6.45, 7) is 2.50. The molecule has 2 unspecified atom stereocenters. The molecule has 1 amide bonds. The molecule has 98 valence electrons. The van der Waals surface area contributed by atoms with E-state index in [1.54, 1.807) is 17.0 Å². The van der Waals surface area contributed by atoms with Crippen LogP contribution < -0.4 is 0 Å². The number of carboxylic acid groups (broad SMARTS) is 1. The molecule has 18 heavy (non-hydrogen) atoms. The summed E-state index contributed by atoms with van der Waals surface area (Å²) in [5.74, 6) is -1.29. The highest BCUT2D eigenvalue weighted by molar-refractivity contribution is 9.10. The SMILES string of the molecule is CCCN1C(=O)CC(C(=O)O)C1c1ccc(Br)o1. The van der Waals surface area contributed by atoms with E-state index in [0.29, 0.717) is 17.0 Å². The third-order valence-electron chi connectivity index (χ3n) is 3.10. The van der Waals surface area contributed by atoms with Gasteiger partial charge in [0.15, 0.2) is 4.67 Å². The monoisotopic (exact) mass is 315 g/mol. The lowest BCUT2D eigenvalue weighted by Gasteiger charge is -2.24. The van der Waals surface area contributed by atoms with Gasteiger partial charge in [0, 0.05) is 13.0 Å². The lowest BCUT2D eigenvalue weighted by molar-refractivity contribution is -0.143. The standard InChI is InChI=1S/C12H14BrNO4/c1-2-5-14-10(15)6-7(12(16)17)11(14)8-3-4-9(13)18-8/h3-4,7,11H,2,5-6H2,1H3,(H,16,17). The van der Waals surface area contributed by atoms with E-state index >= 15 is 0 Å². The number of hydrogen-bond acceptors (Lipinski definition) is 3. The number of rotatable bonds is 4. The van der Waals surface area contributed by atoms with Crippen LogP contribution in [-0.4, -0.2) is 28.4 Å². The Balaban J connectivity index is 2.35. The molecule has 2 heterocycles. The van der Waals surface area contributed by atoms with Gasteiger partial charge < -0.3 is 14.4 Å². The topological polar surface area (TPSA) is 70.8 Å². The van der Waals surface area contributed by atoms with Crippen LogP contribution in [-0.2, 0) is 9.59 Å². The molecule has 0 radical (unpaired) electrons. The van der Waals surface area contributed by atoms with Crippen LogP contribution in [0.15, 0.2) is 21.2 Å². The van der Waals surface area contributed by atoms with Gasteiger partial charge in [-0.05, 0) is 34.5 Å². The molecule has 1 N–H and O–H groups in total. The van der Waals surface area contributed by atoms with Gasteiger partial charge in [-0.1, -0.05) is 6.92 Å². The number of likely N-dealkylation sites (tertiary alicyclic amines) is 1. The van der Waals surface area contributed by atoms with E-state index in [9.17, 15) is 14.7 Å². The molecule has 0 aliphatic carbocycles. The zero-order chi connectivity index (χ0) is 13.3. The highest BCUT2D eigenvalue weighted by Gasteiger charge is 2.45. The summed E-state index contributed by atoms with van der Waals surface area (Å²) in [6, 6.07) is 2.92. The molecule has 6 heteroatoms. The summed E-state index contributed by atoms with van der Waals surface area (Å²) in [5.41, 5.74) is 0. The van der Waals surface area contributed by atoms with Crippen LogP contribution in [0.4, 0.5) is 0 Å².